The van der Waals surface area contributed by atoms with Gasteiger partial charge in [-0.2, -0.15) is 0 Å². The van der Waals surface area contributed by atoms with Crippen LogP contribution < -0.4 is 5.32 Å². The van der Waals surface area contributed by atoms with Crippen LogP contribution >= 0.6 is 0 Å². The molecule has 0 spiro atoms. The van der Waals surface area contributed by atoms with Gasteiger partial charge in [-0.1, -0.05) is 6.92 Å². The molecule has 0 unspecified atom stereocenters. The fourth-order valence-corrected chi connectivity index (χ4v) is 2.51. The van der Waals surface area contributed by atoms with Gasteiger partial charge in [0.25, 0.3) is 0 Å². The van der Waals surface area contributed by atoms with Crippen LogP contribution in [0, 0.1) is 5.92 Å². The maximum absolute atomic E-state index is 11.5. The highest BCUT2D eigenvalue weighted by Crippen LogP contribution is 2.26. The van der Waals surface area contributed by atoms with E-state index in [4.69, 9.17) is 4.74 Å². The molecule has 0 aromatic heterocycles. The van der Waals surface area contributed by atoms with E-state index in [-0.39, 0.29) is 6.09 Å². The molecule has 0 saturated heterocycles. The molecule has 0 atom stereocenters. The zero-order chi connectivity index (χ0) is 14.5. The largest absolute Gasteiger partial charge is 0.444 e. The molecule has 4 heteroatoms. The van der Waals surface area contributed by atoms with Crippen molar-refractivity contribution < 1.29 is 9.53 Å². The number of carbonyl (C=O) groups excluding carboxylic acids is 1. The predicted molar refractivity (Wildman–Crippen MR) is 78.3 cm³/mol. The molecule has 1 N–H and O–H groups in total. The Labute approximate surface area is 117 Å². The Bertz CT molecular complexity index is 278. The first-order valence-corrected chi connectivity index (χ1v) is 7.45. The summed E-state index contributed by atoms with van der Waals surface area (Å²) in [6.07, 6.45) is 4.90. The quantitative estimate of drug-likeness (QED) is 0.854. The van der Waals surface area contributed by atoms with E-state index in [0.29, 0.717) is 12.6 Å². The van der Waals surface area contributed by atoms with E-state index in [0.717, 1.165) is 12.5 Å². The van der Waals surface area contributed by atoms with Crippen molar-refractivity contribution in [3.63, 3.8) is 0 Å². The number of likely N-dealkylation sites (N-methyl/N-ethyl adjacent to an activating group) is 1. The SMILES string of the molecule is CN(CCNC(=O)OC(C)(C)C)[C@H]1CC[C@H](C)CC1. The van der Waals surface area contributed by atoms with E-state index in [1.54, 1.807) is 0 Å². The molecule has 0 aromatic carbocycles. The third-order valence-electron chi connectivity index (χ3n) is 3.74. The Kier molecular flexibility index (Phi) is 6.11. The van der Waals surface area contributed by atoms with Gasteiger partial charge in [-0.25, -0.2) is 4.79 Å². The van der Waals surface area contributed by atoms with Crippen molar-refractivity contribution in [2.24, 2.45) is 5.92 Å². The van der Waals surface area contributed by atoms with Crippen molar-refractivity contribution in [1.82, 2.24) is 10.2 Å². The lowest BCUT2D eigenvalue weighted by Crippen LogP contribution is -2.41. The maximum atomic E-state index is 11.5. The molecule has 0 aliphatic heterocycles. The number of alkyl carbamates (subject to hydrolysis) is 1. The van der Waals surface area contributed by atoms with E-state index < -0.39 is 5.60 Å². The van der Waals surface area contributed by atoms with Crippen LogP contribution in [0.15, 0.2) is 0 Å². The van der Waals surface area contributed by atoms with Gasteiger partial charge in [0, 0.05) is 19.1 Å². The Morgan fingerprint density at radius 2 is 1.84 bits per heavy atom. The third-order valence-corrected chi connectivity index (χ3v) is 3.74. The molecule has 0 bridgehead atoms. The molecule has 4 nitrogen and oxygen atoms in total. The highest BCUT2D eigenvalue weighted by molar-refractivity contribution is 5.67. The lowest BCUT2D eigenvalue weighted by Gasteiger charge is -2.33. The Morgan fingerprint density at radius 1 is 1.26 bits per heavy atom. The molecule has 0 radical (unpaired) electrons. The first-order chi connectivity index (χ1) is 8.78. The minimum atomic E-state index is -0.421. The highest BCUT2D eigenvalue weighted by atomic mass is 16.6. The van der Waals surface area contributed by atoms with Crippen LogP contribution in [0.4, 0.5) is 4.79 Å². The molecule has 19 heavy (non-hydrogen) atoms. The van der Waals surface area contributed by atoms with Gasteiger partial charge in [0.15, 0.2) is 0 Å². The predicted octanol–water partition coefficient (Wildman–Crippen LogP) is 3.02. The molecule has 112 valence electrons. The summed E-state index contributed by atoms with van der Waals surface area (Å²) < 4.78 is 5.21. The number of rotatable bonds is 4. The number of amides is 1. The van der Waals surface area contributed by atoms with Gasteiger partial charge in [-0.15, -0.1) is 0 Å². The van der Waals surface area contributed by atoms with Crippen LogP contribution in [0.5, 0.6) is 0 Å². The van der Waals surface area contributed by atoms with Crippen LogP contribution in [-0.4, -0.2) is 42.8 Å². The lowest BCUT2D eigenvalue weighted by atomic mass is 9.87. The van der Waals surface area contributed by atoms with Gasteiger partial charge >= 0.3 is 6.09 Å². The van der Waals surface area contributed by atoms with Crippen LogP contribution in [-0.2, 0) is 4.74 Å². The molecule has 0 heterocycles. The topological polar surface area (TPSA) is 41.6 Å². The highest BCUT2D eigenvalue weighted by Gasteiger charge is 2.21. The smallest absolute Gasteiger partial charge is 0.407 e. The second kappa shape index (κ2) is 7.13. The van der Waals surface area contributed by atoms with Crippen molar-refractivity contribution in [2.75, 3.05) is 20.1 Å². The van der Waals surface area contributed by atoms with Gasteiger partial charge in [0.05, 0.1) is 0 Å². The number of hydrogen-bond acceptors (Lipinski definition) is 3. The molecule has 1 saturated carbocycles. The number of nitrogens with zero attached hydrogens (tertiary/aromatic N) is 1. The second-order valence-electron chi connectivity index (χ2n) is 6.82. The number of hydrogen-bond donors (Lipinski definition) is 1. The summed E-state index contributed by atoms with van der Waals surface area (Å²) >= 11 is 0. The van der Waals surface area contributed by atoms with Crippen LogP contribution in [0.3, 0.4) is 0 Å². The molecule has 1 amide bonds. The van der Waals surface area contributed by atoms with Crippen molar-refractivity contribution in [3.8, 4) is 0 Å². The molecule has 1 fully saturated rings. The Hall–Kier alpha value is -0.770. The van der Waals surface area contributed by atoms with E-state index in [1.807, 2.05) is 20.8 Å². The number of ether oxygens (including phenoxy) is 1. The van der Waals surface area contributed by atoms with Gasteiger partial charge in [0.2, 0.25) is 0 Å². The molecule has 1 rings (SSSR count). The van der Waals surface area contributed by atoms with Crippen molar-refractivity contribution in [2.45, 2.75) is 65.0 Å². The average Bonchev–Trinajstić information content (AvgIpc) is 2.27. The number of nitrogens with one attached hydrogen (secondary N) is 1. The monoisotopic (exact) mass is 270 g/mol. The summed E-state index contributed by atoms with van der Waals surface area (Å²) in [7, 11) is 2.15. The van der Waals surface area contributed by atoms with Crippen LogP contribution in [0.25, 0.3) is 0 Å². The van der Waals surface area contributed by atoms with E-state index in [9.17, 15) is 4.79 Å². The molecule has 0 aromatic rings. The molecule has 1 aliphatic rings. The fourth-order valence-electron chi connectivity index (χ4n) is 2.51. The van der Waals surface area contributed by atoms with Gasteiger partial charge in [-0.3, -0.25) is 0 Å². The Morgan fingerprint density at radius 3 is 2.37 bits per heavy atom. The van der Waals surface area contributed by atoms with Crippen molar-refractivity contribution in [3.05, 3.63) is 0 Å². The van der Waals surface area contributed by atoms with Gasteiger partial charge in [-0.05, 0) is 59.4 Å². The summed E-state index contributed by atoms with van der Waals surface area (Å²) in [6, 6.07) is 0.677. The summed E-state index contributed by atoms with van der Waals surface area (Å²) in [5.41, 5.74) is -0.421. The minimum absolute atomic E-state index is 0.321. The summed E-state index contributed by atoms with van der Waals surface area (Å²) in [5.74, 6) is 0.879. The molecule has 1 aliphatic carbocycles. The normalized spacial score (nSPS) is 24.3. The van der Waals surface area contributed by atoms with Crippen LogP contribution in [0.2, 0.25) is 0 Å². The zero-order valence-corrected chi connectivity index (χ0v) is 13.2. The minimum Gasteiger partial charge on any atom is -0.444 e. The first kappa shape index (κ1) is 16.3. The lowest BCUT2D eigenvalue weighted by molar-refractivity contribution is 0.0518. The molecular weight excluding hydrogens is 240 g/mol. The van der Waals surface area contributed by atoms with E-state index >= 15 is 0 Å². The third kappa shape index (κ3) is 6.81. The number of carbonyl (C=O) groups is 1. The maximum Gasteiger partial charge on any atom is 0.407 e. The standard InChI is InChI=1S/C15H30N2O2/c1-12-6-8-13(9-7-12)17(5)11-10-16-14(18)19-15(2,3)4/h12-13H,6-11H2,1-5H3,(H,16,18)/t12-,13-. The second-order valence-corrected chi connectivity index (χ2v) is 6.82. The van der Waals surface area contributed by atoms with Gasteiger partial charge < -0.3 is 15.0 Å². The summed E-state index contributed by atoms with van der Waals surface area (Å²) in [5, 5.41) is 2.82. The fraction of sp³-hybridized carbons (Fsp3) is 0.933. The zero-order valence-electron chi connectivity index (χ0n) is 13.2. The van der Waals surface area contributed by atoms with Gasteiger partial charge in [0.1, 0.15) is 5.60 Å². The van der Waals surface area contributed by atoms with Crippen molar-refractivity contribution >= 4 is 6.09 Å². The Balaban J connectivity index is 2.16. The van der Waals surface area contributed by atoms with Crippen LogP contribution in [0.1, 0.15) is 53.4 Å². The molecular formula is C15H30N2O2. The average molecular weight is 270 g/mol. The van der Waals surface area contributed by atoms with E-state index in [2.05, 4.69) is 24.2 Å². The summed E-state index contributed by atoms with van der Waals surface area (Å²) in [6.45, 7) is 9.50. The van der Waals surface area contributed by atoms with E-state index in [1.165, 1.54) is 25.7 Å². The summed E-state index contributed by atoms with van der Waals surface area (Å²) in [4.78, 5) is 13.9. The van der Waals surface area contributed by atoms with Crippen molar-refractivity contribution in [1.29, 1.82) is 0 Å². The first-order valence-electron chi connectivity index (χ1n) is 7.45.